The van der Waals surface area contributed by atoms with Crippen LogP contribution in [-0.4, -0.2) is 39.5 Å². The zero-order valence-electron chi connectivity index (χ0n) is 11.0. The van der Waals surface area contributed by atoms with Crippen molar-refractivity contribution in [1.82, 2.24) is 9.88 Å². The van der Waals surface area contributed by atoms with Gasteiger partial charge in [0.1, 0.15) is 0 Å². The highest BCUT2D eigenvalue weighted by atomic mass is 16.4. The Kier molecular flexibility index (Phi) is 4.14. The third kappa shape index (κ3) is 3.30. The number of aryl methyl sites for hydroxylation is 1. The summed E-state index contributed by atoms with van der Waals surface area (Å²) in [5, 5.41) is 8.92. The van der Waals surface area contributed by atoms with E-state index in [-0.39, 0.29) is 18.4 Å². The Balaban J connectivity index is 2.15. The number of pyridine rings is 1. The third-order valence-corrected chi connectivity index (χ3v) is 3.46. The largest absolute Gasteiger partial charge is 0.481 e. The summed E-state index contributed by atoms with van der Waals surface area (Å²) in [4.78, 5) is 29.1. The average Bonchev–Trinajstić information content (AvgIpc) is 2.39. The van der Waals surface area contributed by atoms with Gasteiger partial charge in [0.15, 0.2) is 0 Å². The maximum Gasteiger partial charge on any atom is 0.305 e. The number of aliphatic carboxylic acids is 1. The second kappa shape index (κ2) is 5.82. The quantitative estimate of drug-likeness (QED) is 0.902. The molecule has 0 spiro atoms. The van der Waals surface area contributed by atoms with Crippen LogP contribution in [0, 0.1) is 6.92 Å². The molecule has 0 radical (unpaired) electrons. The third-order valence-electron chi connectivity index (χ3n) is 3.46. The molecule has 1 aromatic heterocycles. The van der Waals surface area contributed by atoms with Gasteiger partial charge in [-0.1, -0.05) is 0 Å². The SMILES string of the molecule is Cc1ccc(C(=O)N2CCCCC2CC(=O)O)cn1. The first kappa shape index (κ1) is 13.5. The molecule has 5 nitrogen and oxygen atoms in total. The lowest BCUT2D eigenvalue weighted by Crippen LogP contribution is -2.44. The van der Waals surface area contributed by atoms with Gasteiger partial charge in [0.25, 0.3) is 5.91 Å². The van der Waals surface area contributed by atoms with Gasteiger partial charge in [-0.3, -0.25) is 14.6 Å². The van der Waals surface area contributed by atoms with Gasteiger partial charge in [-0.15, -0.1) is 0 Å². The summed E-state index contributed by atoms with van der Waals surface area (Å²) in [6.45, 7) is 2.49. The summed E-state index contributed by atoms with van der Waals surface area (Å²) in [6, 6.07) is 3.35. The molecule has 1 saturated heterocycles. The highest BCUT2D eigenvalue weighted by Crippen LogP contribution is 2.21. The highest BCUT2D eigenvalue weighted by molar-refractivity contribution is 5.94. The Bertz CT molecular complexity index is 470. The minimum atomic E-state index is -0.855. The van der Waals surface area contributed by atoms with Gasteiger partial charge in [-0.05, 0) is 38.3 Å². The smallest absolute Gasteiger partial charge is 0.305 e. The molecule has 1 aliphatic heterocycles. The number of amides is 1. The fraction of sp³-hybridized carbons (Fsp3) is 0.500. The number of piperidine rings is 1. The van der Waals surface area contributed by atoms with E-state index < -0.39 is 5.97 Å². The highest BCUT2D eigenvalue weighted by Gasteiger charge is 2.29. The van der Waals surface area contributed by atoms with E-state index in [0.717, 1.165) is 25.0 Å². The van der Waals surface area contributed by atoms with Crippen molar-refractivity contribution in [2.24, 2.45) is 0 Å². The fourth-order valence-corrected chi connectivity index (χ4v) is 2.44. The molecule has 1 amide bonds. The second-order valence-corrected chi connectivity index (χ2v) is 4.93. The minimum Gasteiger partial charge on any atom is -0.481 e. The van der Waals surface area contributed by atoms with Crippen LogP contribution in [0.1, 0.15) is 41.7 Å². The van der Waals surface area contributed by atoms with E-state index in [4.69, 9.17) is 5.11 Å². The molecule has 0 saturated carbocycles. The number of rotatable bonds is 3. The van der Waals surface area contributed by atoms with Crippen LogP contribution in [-0.2, 0) is 4.79 Å². The van der Waals surface area contributed by atoms with Gasteiger partial charge in [-0.2, -0.15) is 0 Å². The van der Waals surface area contributed by atoms with Crippen LogP contribution in [0.4, 0.5) is 0 Å². The van der Waals surface area contributed by atoms with Gasteiger partial charge in [-0.25, -0.2) is 0 Å². The molecule has 5 heteroatoms. The average molecular weight is 262 g/mol. The Labute approximate surface area is 112 Å². The summed E-state index contributed by atoms with van der Waals surface area (Å²) in [6.07, 6.45) is 4.25. The van der Waals surface area contributed by atoms with Crippen molar-refractivity contribution < 1.29 is 14.7 Å². The molecule has 2 heterocycles. The van der Waals surface area contributed by atoms with Gasteiger partial charge in [0, 0.05) is 24.5 Å². The summed E-state index contributed by atoms with van der Waals surface area (Å²) >= 11 is 0. The number of carboxylic acids is 1. The van der Waals surface area contributed by atoms with Crippen molar-refractivity contribution in [3.63, 3.8) is 0 Å². The van der Waals surface area contributed by atoms with Crippen molar-refractivity contribution in [2.45, 2.75) is 38.6 Å². The molecule has 1 aliphatic rings. The molecule has 0 aromatic carbocycles. The van der Waals surface area contributed by atoms with Crippen LogP contribution in [0.2, 0.25) is 0 Å². The van der Waals surface area contributed by atoms with Crippen molar-refractivity contribution in [2.75, 3.05) is 6.54 Å². The van der Waals surface area contributed by atoms with Crippen molar-refractivity contribution in [3.8, 4) is 0 Å². The van der Waals surface area contributed by atoms with E-state index >= 15 is 0 Å². The van der Waals surface area contributed by atoms with Crippen molar-refractivity contribution >= 4 is 11.9 Å². The molecule has 0 bridgehead atoms. The number of carbonyl (C=O) groups is 2. The Hall–Kier alpha value is -1.91. The molecule has 0 aliphatic carbocycles. The number of carboxylic acid groups (broad SMARTS) is 1. The zero-order valence-corrected chi connectivity index (χ0v) is 11.0. The number of carbonyl (C=O) groups excluding carboxylic acids is 1. The topological polar surface area (TPSA) is 70.5 Å². The predicted octanol–water partition coefficient (Wildman–Crippen LogP) is 1.86. The van der Waals surface area contributed by atoms with Crippen LogP contribution >= 0.6 is 0 Å². The normalized spacial score (nSPS) is 19.2. The first-order valence-electron chi connectivity index (χ1n) is 6.53. The van der Waals surface area contributed by atoms with Gasteiger partial charge in [0.2, 0.25) is 0 Å². The van der Waals surface area contributed by atoms with E-state index in [1.807, 2.05) is 6.92 Å². The number of hydrogen-bond acceptors (Lipinski definition) is 3. The predicted molar refractivity (Wildman–Crippen MR) is 69.9 cm³/mol. The Morgan fingerprint density at radius 1 is 1.42 bits per heavy atom. The number of hydrogen-bond donors (Lipinski definition) is 1. The minimum absolute atomic E-state index is 0.0189. The number of aromatic nitrogens is 1. The Morgan fingerprint density at radius 3 is 2.84 bits per heavy atom. The standard InChI is InChI=1S/C14H18N2O3/c1-10-5-6-11(9-15-10)14(19)16-7-3-2-4-12(16)8-13(17)18/h5-6,9,12H,2-4,7-8H2,1H3,(H,17,18). The first-order chi connectivity index (χ1) is 9.08. The molecular weight excluding hydrogens is 244 g/mol. The van der Waals surface area contributed by atoms with Crippen LogP contribution in [0.15, 0.2) is 18.3 Å². The molecule has 2 rings (SSSR count). The first-order valence-corrected chi connectivity index (χ1v) is 6.53. The van der Waals surface area contributed by atoms with E-state index in [2.05, 4.69) is 4.98 Å². The van der Waals surface area contributed by atoms with Crippen LogP contribution in [0.25, 0.3) is 0 Å². The lowest BCUT2D eigenvalue weighted by atomic mass is 9.98. The van der Waals surface area contributed by atoms with Crippen LogP contribution in [0.5, 0.6) is 0 Å². The Morgan fingerprint density at radius 2 is 2.21 bits per heavy atom. The van der Waals surface area contributed by atoms with E-state index in [0.29, 0.717) is 12.1 Å². The summed E-state index contributed by atoms with van der Waals surface area (Å²) in [7, 11) is 0. The van der Waals surface area contributed by atoms with Crippen molar-refractivity contribution in [1.29, 1.82) is 0 Å². The second-order valence-electron chi connectivity index (χ2n) is 4.93. The molecule has 102 valence electrons. The number of nitrogens with zero attached hydrogens (tertiary/aromatic N) is 2. The molecule has 1 aromatic rings. The van der Waals surface area contributed by atoms with Crippen LogP contribution < -0.4 is 0 Å². The lowest BCUT2D eigenvalue weighted by Gasteiger charge is -2.35. The summed E-state index contributed by atoms with van der Waals surface area (Å²) in [5.74, 6) is -0.967. The fourth-order valence-electron chi connectivity index (χ4n) is 2.44. The monoisotopic (exact) mass is 262 g/mol. The van der Waals surface area contributed by atoms with Gasteiger partial charge < -0.3 is 10.0 Å². The molecule has 1 fully saturated rings. The molecule has 19 heavy (non-hydrogen) atoms. The zero-order chi connectivity index (χ0) is 13.8. The van der Waals surface area contributed by atoms with Crippen LogP contribution in [0.3, 0.4) is 0 Å². The molecular formula is C14H18N2O3. The maximum atomic E-state index is 12.4. The summed E-state index contributed by atoms with van der Waals surface area (Å²) < 4.78 is 0. The van der Waals surface area contributed by atoms with E-state index in [1.54, 1.807) is 23.2 Å². The van der Waals surface area contributed by atoms with Gasteiger partial charge >= 0.3 is 5.97 Å². The van der Waals surface area contributed by atoms with E-state index in [1.165, 1.54) is 0 Å². The molecule has 1 unspecified atom stereocenters. The molecule has 1 N–H and O–H groups in total. The maximum absolute atomic E-state index is 12.4. The molecule has 1 atom stereocenters. The van der Waals surface area contributed by atoms with E-state index in [9.17, 15) is 9.59 Å². The van der Waals surface area contributed by atoms with Gasteiger partial charge in [0.05, 0.1) is 12.0 Å². The number of likely N-dealkylation sites (tertiary alicyclic amines) is 1. The van der Waals surface area contributed by atoms with Crippen molar-refractivity contribution in [3.05, 3.63) is 29.6 Å². The lowest BCUT2D eigenvalue weighted by molar-refractivity contribution is -0.138. The summed E-state index contributed by atoms with van der Waals surface area (Å²) in [5.41, 5.74) is 1.39.